The molecule has 0 aliphatic heterocycles. The molecule has 4 aliphatic rings. The van der Waals surface area contributed by atoms with Gasteiger partial charge < -0.3 is 11.1 Å². The first-order valence-corrected chi connectivity index (χ1v) is 7.18. The van der Waals surface area contributed by atoms with E-state index in [0.717, 1.165) is 24.2 Å². The van der Waals surface area contributed by atoms with Gasteiger partial charge in [-0.15, -0.1) is 0 Å². The zero-order valence-corrected chi connectivity index (χ0v) is 10.7. The van der Waals surface area contributed by atoms with Crippen LogP contribution in [0.3, 0.4) is 0 Å². The number of carbonyl (C=O) groups is 1. The summed E-state index contributed by atoms with van der Waals surface area (Å²) in [7, 11) is 0. The van der Waals surface area contributed by atoms with Crippen LogP contribution in [-0.2, 0) is 4.79 Å². The molecule has 3 heteroatoms. The van der Waals surface area contributed by atoms with E-state index in [9.17, 15) is 4.79 Å². The Balaban J connectivity index is 1.72. The van der Waals surface area contributed by atoms with E-state index in [1.165, 1.54) is 38.5 Å². The zero-order chi connectivity index (χ0) is 12.0. The monoisotopic (exact) mass is 236 g/mol. The molecule has 4 rings (SSSR count). The fraction of sp³-hybridized carbons (Fsp3) is 0.929. The summed E-state index contributed by atoms with van der Waals surface area (Å²) in [6.07, 6.45) is 8.60. The molecule has 4 aliphatic carbocycles. The number of nitrogens with two attached hydrogens (primary N) is 1. The molecule has 3 nitrogen and oxygen atoms in total. The minimum Gasteiger partial charge on any atom is -0.349 e. The van der Waals surface area contributed by atoms with Crippen molar-refractivity contribution in [3.63, 3.8) is 0 Å². The second-order valence-electron chi connectivity index (χ2n) is 6.70. The van der Waals surface area contributed by atoms with Gasteiger partial charge in [-0.25, -0.2) is 0 Å². The van der Waals surface area contributed by atoms with Gasteiger partial charge in [0.2, 0.25) is 5.91 Å². The Morgan fingerprint density at radius 3 is 2.12 bits per heavy atom. The minimum atomic E-state index is -0.317. The van der Waals surface area contributed by atoms with Gasteiger partial charge in [-0.1, -0.05) is 6.92 Å². The summed E-state index contributed by atoms with van der Waals surface area (Å²) in [5.41, 5.74) is 5.96. The smallest absolute Gasteiger partial charge is 0.237 e. The standard InChI is InChI=1S/C14H24N2O/c1-2-12(15)13(17)16-14-6-9-3-10(7-14)5-11(4-9)8-14/h9-12H,2-8,15H2,1H3,(H,16,17). The van der Waals surface area contributed by atoms with Crippen LogP contribution in [0.2, 0.25) is 0 Å². The summed E-state index contributed by atoms with van der Waals surface area (Å²) in [6.45, 7) is 1.98. The van der Waals surface area contributed by atoms with E-state index in [2.05, 4.69) is 5.32 Å². The molecular formula is C14H24N2O. The minimum absolute atomic E-state index is 0.0782. The second kappa shape index (κ2) is 3.98. The van der Waals surface area contributed by atoms with Crippen molar-refractivity contribution in [2.24, 2.45) is 23.5 Å². The van der Waals surface area contributed by atoms with Gasteiger partial charge in [-0.05, 0) is 62.7 Å². The Morgan fingerprint density at radius 1 is 1.24 bits per heavy atom. The van der Waals surface area contributed by atoms with Gasteiger partial charge in [-0.2, -0.15) is 0 Å². The summed E-state index contributed by atoms with van der Waals surface area (Å²) in [5.74, 6) is 2.70. The molecule has 1 unspecified atom stereocenters. The normalized spacial score (nSPS) is 44.7. The van der Waals surface area contributed by atoms with Crippen LogP contribution in [0, 0.1) is 17.8 Å². The largest absolute Gasteiger partial charge is 0.349 e. The van der Waals surface area contributed by atoms with Crippen LogP contribution in [0.5, 0.6) is 0 Å². The Morgan fingerprint density at radius 2 is 1.71 bits per heavy atom. The highest BCUT2D eigenvalue weighted by molar-refractivity contribution is 5.82. The van der Waals surface area contributed by atoms with Crippen LogP contribution in [0.4, 0.5) is 0 Å². The number of carbonyl (C=O) groups excluding carboxylic acids is 1. The molecule has 96 valence electrons. The zero-order valence-electron chi connectivity index (χ0n) is 10.7. The first-order chi connectivity index (χ1) is 8.10. The van der Waals surface area contributed by atoms with Gasteiger partial charge in [0.1, 0.15) is 0 Å². The van der Waals surface area contributed by atoms with Gasteiger partial charge >= 0.3 is 0 Å². The summed E-state index contributed by atoms with van der Waals surface area (Å²) >= 11 is 0. The van der Waals surface area contributed by atoms with E-state index in [0.29, 0.717) is 0 Å². The molecule has 0 aromatic rings. The Bertz CT molecular complexity index is 291. The highest BCUT2D eigenvalue weighted by Gasteiger charge is 2.51. The molecule has 0 spiro atoms. The van der Waals surface area contributed by atoms with Crippen LogP contribution in [0.1, 0.15) is 51.9 Å². The molecule has 0 aromatic carbocycles. The van der Waals surface area contributed by atoms with Gasteiger partial charge in [0, 0.05) is 5.54 Å². The molecule has 4 saturated carbocycles. The van der Waals surface area contributed by atoms with Crippen molar-refractivity contribution >= 4 is 5.91 Å². The van der Waals surface area contributed by atoms with Gasteiger partial charge in [0.05, 0.1) is 6.04 Å². The first kappa shape index (κ1) is 11.5. The summed E-state index contributed by atoms with van der Waals surface area (Å²) in [5, 5.41) is 3.31. The Kier molecular flexibility index (Phi) is 2.69. The van der Waals surface area contributed by atoms with Gasteiger partial charge in [0.15, 0.2) is 0 Å². The number of rotatable bonds is 3. The average molecular weight is 236 g/mol. The van der Waals surface area contributed by atoms with Crippen LogP contribution >= 0.6 is 0 Å². The highest BCUT2D eigenvalue weighted by Crippen LogP contribution is 2.55. The van der Waals surface area contributed by atoms with E-state index in [4.69, 9.17) is 5.73 Å². The van der Waals surface area contributed by atoms with Gasteiger partial charge in [0.25, 0.3) is 0 Å². The SMILES string of the molecule is CCC(N)C(=O)NC12CC3CC(CC(C3)C1)C2. The lowest BCUT2D eigenvalue weighted by atomic mass is 9.53. The number of hydrogen-bond acceptors (Lipinski definition) is 2. The van der Waals surface area contributed by atoms with Crippen molar-refractivity contribution in [2.75, 3.05) is 0 Å². The lowest BCUT2D eigenvalue weighted by Gasteiger charge is -2.57. The molecule has 0 radical (unpaired) electrons. The molecule has 3 N–H and O–H groups in total. The maximum atomic E-state index is 12.0. The van der Waals surface area contributed by atoms with Crippen molar-refractivity contribution in [2.45, 2.75) is 63.5 Å². The van der Waals surface area contributed by atoms with Gasteiger partial charge in [-0.3, -0.25) is 4.79 Å². The summed E-state index contributed by atoms with van der Waals surface area (Å²) in [6, 6.07) is -0.317. The topological polar surface area (TPSA) is 55.1 Å². The highest BCUT2D eigenvalue weighted by atomic mass is 16.2. The molecule has 17 heavy (non-hydrogen) atoms. The van der Waals surface area contributed by atoms with E-state index >= 15 is 0 Å². The second-order valence-corrected chi connectivity index (χ2v) is 6.70. The van der Waals surface area contributed by atoms with E-state index in [1.54, 1.807) is 0 Å². The van der Waals surface area contributed by atoms with E-state index in [1.807, 2.05) is 6.92 Å². The van der Waals surface area contributed by atoms with Crippen molar-refractivity contribution in [3.05, 3.63) is 0 Å². The third-order valence-corrected chi connectivity index (χ3v) is 5.20. The molecule has 1 atom stereocenters. The first-order valence-electron chi connectivity index (χ1n) is 7.18. The third-order valence-electron chi connectivity index (χ3n) is 5.20. The molecule has 0 saturated heterocycles. The molecule has 4 fully saturated rings. The summed E-state index contributed by atoms with van der Waals surface area (Å²) in [4.78, 5) is 12.0. The molecule has 1 amide bonds. The Labute approximate surface area is 104 Å². The fourth-order valence-electron chi connectivity index (χ4n) is 4.80. The molecule has 4 bridgehead atoms. The fourth-order valence-corrected chi connectivity index (χ4v) is 4.80. The van der Waals surface area contributed by atoms with E-state index < -0.39 is 0 Å². The lowest BCUT2D eigenvalue weighted by Crippen LogP contribution is -2.62. The third kappa shape index (κ3) is 1.99. The number of amides is 1. The summed E-state index contributed by atoms with van der Waals surface area (Å²) < 4.78 is 0. The van der Waals surface area contributed by atoms with Crippen LogP contribution in [0.15, 0.2) is 0 Å². The molecule has 0 heterocycles. The molecule has 0 aromatic heterocycles. The average Bonchev–Trinajstić information content (AvgIpc) is 2.25. The van der Waals surface area contributed by atoms with Crippen LogP contribution < -0.4 is 11.1 Å². The predicted molar refractivity (Wildman–Crippen MR) is 67.3 cm³/mol. The maximum Gasteiger partial charge on any atom is 0.237 e. The quantitative estimate of drug-likeness (QED) is 0.785. The van der Waals surface area contributed by atoms with Crippen LogP contribution in [-0.4, -0.2) is 17.5 Å². The molecular weight excluding hydrogens is 212 g/mol. The Hall–Kier alpha value is -0.570. The maximum absolute atomic E-state index is 12.0. The predicted octanol–water partition coefficient (Wildman–Crippen LogP) is 1.81. The van der Waals surface area contributed by atoms with Crippen LogP contribution in [0.25, 0.3) is 0 Å². The van der Waals surface area contributed by atoms with Crippen molar-refractivity contribution in [1.29, 1.82) is 0 Å². The van der Waals surface area contributed by atoms with E-state index in [-0.39, 0.29) is 17.5 Å². The van der Waals surface area contributed by atoms with Crippen molar-refractivity contribution < 1.29 is 4.79 Å². The number of hydrogen-bond donors (Lipinski definition) is 2. The van der Waals surface area contributed by atoms with Crippen molar-refractivity contribution in [1.82, 2.24) is 5.32 Å². The lowest BCUT2D eigenvalue weighted by molar-refractivity contribution is -0.128. The van der Waals surface area contributed by atoms with Crippen molar-refractivity contribution in [3.8, 4) is 0 Å². The number of nitrogens with one attached hydrogen (secondary N) is 1.